The third-order valence-corrected chi connectivity index (χ3v) is 2.51. The highest BCUT2D eigenvalue weighted by Crippen LogP contribution is 2.14. The van der Waals surface area contributed by atoms with Crippen molar-refractivity contribution in [3.8, 4) is 0 Å². The lowest BCUT2D eigenvalue weighted by molar-refractivity contribution is -0.107. The number of aryl methyl sites for hydroxylation is 1. The van der Waals surface area contributed by atoms with E-state index in [1.807, 2.05) is 13.0 Å². The molecule has 0 aliphatic carbocycles. The summed E-state index contributed by atoms with van der Waals surface area (Å²) in [6, 6.07) is 1.88. The Bertz CT molecular complexity index is 375. The standard InChI is InChI=1S/C11H15N3O2/c1-9-12-10(2-5-15)8-11(13-9)14-3-6-16-7-4-14/h5,8H,2-4,6-7H2,1H3. The van der Waals surface area contributed by atoms with E-state index in [9.17, 15) is 4.79 Å². The van der Waals surface area contributed by atoms with Crippen LogP contribution in [0.1, 0.15) is 11.5 Å². The second-order valence-electron chi connectivity index (χ2n) is 3.73. The average Bonchev–Trinajstić information content (AvgIpc) is 2.30. The first kappa shape index (κ1) is 11.0. The van der Waals surface area contributed by atoms with E-state index in [1.54, 1.807) is 0 Å². The molecule has 0 aromatic carbocycles. The van der Waals surface area contributed by atoms with Crippen LogP contribution < -0.4 is 4.90 Å². The largest absolute Gasteiger partial charge is 0.378 e. The van der Waals surface area contributed by atoms with Gasteiger partial charge in [0, 0.05) is 25.6 Å². The van der Waals surface area contributed by atoms with Crippen molar-refractivity contribution in [1.82, 2.24) is 9.97 Å². The normalized spacial score (nSPS) is 16.2. The number of aldehydes is 1. The number of carbonyl (C=O) groups is 1. The van der Waals surface area contributed by atoms with Crippen LogP contribution in [0.25, 0.3) is 0 Å². The summed E-state index contributed by atoms with van der Waals surface area (Å²) < 4.78 is 5.29. The van der Waals surface area contributed by atoms with E-state index in [4.69, 9.17) is 4.74 Å². The van der Waals surface area contributed by atoms with Crippen molar-refractivity contribution >= 4 is 12.1 Å². The molecule has 1 aromatic heterocycles. The smallest absolute Gasteiger partial charge is 0.132 e. The zero-order valence-electron chi connectivity index (χ0n) is 9.35. The third-order valence-electron chi connectivity index (χ3n) is 2.51. The van der Waals surface area contributed by atoms with Crippen molar-refractivity contribution < 1.29 is 9.53 Å². The van der Waals surface area contributed by atoms with Gasteiger partial charge in [-0.3, -0.25) is 0 Å². The summed E-state index contributed by atoms with van der Waals surface area (Å²) in [6.45, 7) is 4.99. The van der Waals surface area contributed by atoms with Crippen LogP contribution in [0.3, 0.4) is 0 Å². The molecule has 86 valence electrons. The van der Waals surface area contributed by atoms with Gasteiger partial charge in [-0.2, -0.15) is 0 Å². The number of nitrogens with zero attached hydrogens (tertiary/aromatic N) is 3. The Kier molecular flexibility index (Phi) is 3.46. The third kappa shape index (κ3) is 2.55. The Labute approximate surface area is 94.5 Å². The molecule has 0 spiro atoms. The summed E-state index contributed by atoms with van der Waals surface area (Å²) in [7, 11) is 0. The van der Waals surface area contributed by atoms with Crippen LogP contribution in [0.15, 0.2) is 6.07 Å². The topological polar surface area (TPSA) is 55.3 Å². The Morgan fingerprint density at radius 1 is 1.44 bits per heavy atom. The van der Waals surface area contributed by atoms with Gasteiger partial charge in [0.25, 0.3) is 0 Å². The molecule has 2 heterocycles. The number of rotatable bonds is 3. The number of hydrogen-bond acceptors (Lipinski definition) is 5. The zero-order chi connectivity index (χ0) is 11.4. The molecule has 1 saturated heterocycles. The maximum absolute atomic E-state index is 10.5. The van der Waals surface area contributed by atoms with E-state index in [2.05, 4.69) is 14.9 Å². The maximum atomic E-state index is 10.5. The van der Waals surface area contributed by atoms with Crippen LogP contribution in [-0.2, 0) is 16.0 Å². The predicted molar refractivity (Wildman–Crippen MR) is 59.6 cm³/mol. The Balaban J connectivity index is 2.21. The molecule has 1 aromatic rings. The summed E-state index contributed by atoms with van der Waals surface area (Å²) in [5.74, 6) is 1.61. The second kappa shape index (κ2) is 5.03. The van der Waals surface area contributed by atoms with Crippen LogP contribution in [-0.4, -0.2) is 42.6 Å². The zero-order valence-corrected chi connectivity index (χ0v) is 9.35. The Morgan fingerprint density at radius 3 is 2.88 bits per heavy atom. The van der Waals surface area contributed by atoms with E-state index in [0.717, 1.165) is 44.1 Å². The van der Waals surface area contributed by atoms with Gasteiger partial charge in [-0.1, -0.05) is 0 Å². The van der Waals surface area contributed by atoms with Gasteiger partial charge in [0.1, 0.15) is 17.9 Å². The summed E-state index contributed by atoms with van der Waals surface area (Å²) >= 11 is 0. The van der Waals surface area contributed by atoms with E-state index in [-0.39, 0.29) is 0 Å². The van der Waals surface area contributed by atoms with Gasteiger partial charge in [0.05, 0.1) is 18.9 Å². The number of aromatic nitrogens is 2. The fraction of sp³-hybridized carbons (Fsp3) is 0.545. The lowest BCUT2D eigenvalue weighted by atomic mass is 10.3. The lowest BCUT2D eigenvalue weighted by Crippen LogP contribution is -2.37. The van der Waals surface area contributed by atoms with Crippen molar-refractivity contribution in [3.63, 3.8) is 0 Å². The Morgan fingerprint density at radius 2 is 2.19 bits per heavy atom. The average molecular weight is 221 g/mol. The van der Waals surface area contributed by atoms with Gasteiger partial charge in [-0.25, -0.2) is 9.97 Å². The number of carbonyl (C=O) groups excluding carboxylic acids is 1. The SMILES string of the molecule is Cc1nc(CC=O)cc(N2CCOCC2)n1. The van der Waals surface area contributed by atoms with Crippen LogP contribution in [0, 0.1) is 6.92 Å². The first-order valence-corrected chi connectivity index (χ1v) is 5.40. The van der Waals surface area contributed by atoms with E-state index in [1.165, 1.54) is 0 Å². The summed E-state index contributed by atoms with van der Waals surface area (Å²) in [5.41, 5.74) is 0.781. The minimum absolute atomic E-state index is 0.348. The first-order chi connectivity index (χ1) is 7.79. The molecule has 0 amide bonds. The van der Waals surface area contributed by atoms with Crippen molar-refractivity contribution in [1.29, 1.82) is 0 Å². The highest BCUT2D eigenvalue weighted by Gasteiger charge is 2.13. The molecule has 5 heteroatoms. The molecule has 0 unspecified atom stereocenters. The van der Waals surface area contributed by atoms with Crippen molar-refractivity contribution in [2.24, 2.45) is 0 Å². The monoisotopic (exact) mass is 221 g/mol. The molecule has 0 bridgehead atoms. The number of ether oxygens (including phenoxy) is 1. The lowest BCUT2D eigenvalue weighted by Gasteiger charge is -2.28. The molecule has 2 rings (SSSR count). The first-order valence-electron chi connectivity index (χ1n) is 5.40. The molecule has 1 aliphatic heterocycles. The van der Waals surface area contributed by atoms with Crippen molar-refractivity contribution in [2.75, 3.05) is 31.2 Å². The van der Waals surface area contributed by atoms with Crippen molar-refractivity contribution in [2.45, 2.75) is 13.3 Å². The minimum Gasteiger partial charge on any atom is -0.378 e. The molecule has 5 nitrogen and oxygen atoms in total. The van der Waals surface area contributed by atoms with Gasteiger partial charge in [-0.05, 0) is 6.92 Å². The molecule has 0 atom stereocenters. The molecule has 16 heavy (non-hydrogen) atoms. The maximum Gasteiger partial charge on any atom is 0.132 e. The van der Waals surface area contributed by atoms with E-state index >= 15 is 0 Å². The number of morpholine rings is 1. The minimum atomic E-state index is 0.348. The quantitative estimate of drug-likeness (QED) is 0.690. The van der Waals surface area contributed by atoms with Gasteiger partial charge < -0.3 is 14.4 Å². The fourth-order valence-electron chi connectivity index (χ4n) is 1.76. The van der Waals surface area contributed by atoms with Gasteiger partial charge in [0.15, 0.2) is 0 Å². The number of anilines is 1. The highest BCUT2D eigenvalue weighted by molar-refractivity contribution is 5.55. The molecular formula is C11H15N3O2. The molecule has 1 aliphatic rings. The summed E-state index contributed by atoms with van der Waals surface area (Å²) in [5, 5.41) is 0. The summed E-state index contributed by atoms with van der Waals surface area (Å²) in [6.07, 6.45) is 1.21. The van der Waals surface area contributed by atoms with Crippen LogP contribution >= 0.6 is 0 Å². The second-order valence-corrected chi connectivity index (χ2v) is 3.73. The van der Waals surface area contributed by atoms with Crippen LogP contribution in [0.5, 0.6) is 0 Å². The van der Waals surface area contributed by atoms with Crippen molar-refractivity contribution in [3.05, 3.63) is 17.6 Å². The molecule has 0 N–H and O–H groups in total. The van der Waals surface area contributed by atoms with Gasteiger partial charge in [0.2, 0.25) is 0 Å². The van der Waals surface area contributed by atoms with Crippen LogP contribution in [0.2, 0.25) is 0 Å². The Hall–Kier alpha value is -1.49. The fourth-order valence-corrected chi connectivity index (χ4v) is 1.76. The molecule has 1 fully saturated rings. The van der Waals surface area contributed by atoms with Gasteiger partial charge >= 0.3 is 0 Å². The molecule has 0 saturated carbocycles. The molecular weight excluding hydrogens is 206 g/mol. The van der Waals surface area contributed by atoms with Crippen LogP contribution in [0.4, 0.5) is 5.82 Å². The molecule has 0 radical (unpaired) electrons. The highest BCUT2D eigenvalue weighted by atomic mass is 16.5. The number of hydrogen-bond donors (Lipinski definition) is 0. The van der Waals surface area contributed by atoms with Gasteiger partial charge in [-0.15, -0.1) is 0 Å². The van der Waals surface area contributed by atoms with E-state index in [0.29, 0.717) is 12.2 Å². The predicted octanol–water partition coefficient (Wildman–Crippen LogP) is 0.363. The van der Waals surface area contributed by atoms with E-state index < -0.39 is 0 Å². The summed E-state index contributed by atoms with van der Waals surface area (Å²) in [4.78, 5) is 21.2.